The summed E-state index contributed by atoms with van der Waals surface area (Å²) in [7, 11) is 1.62. The Bertz CT molecular complexity index is 540. The lowest BCUT2D eigenvalue weighted by Crippen LogP contribution is -2.38. The average molecular weight is 305 g/mol. The zero-order valence-electron chi connectivity index (χ0n) is 13.3. The van der Waals surface area contributed by atoms with Crippen LogP contribution in [0.1, 0.15) is 38.2 Å². The fourth-order valence-electron chi connectivity index (χ4n) is 3.05. The van der Waals surface area contributed by atoms with Crippen molar-refractivity contribution in [1.82, 2.24) is 4.90 Å². The number of carbonyl (C=O) groups is 2. The molecule has 0 radical (unpaired) electrons. The Morgan fingerprint density at radius 1 is 1.36 bits per heavy atom. The highest BCUT2D eigenvalue weighted by Crippen LogP contribution is 2.28. The van der Waals surface area contributed by atoms with Crippen LogP contribution in [-0.4, -0.2) is 41.6 Å². The van der Waals surface area contributed by atoms with E-state index in [-0.39, 0.29) is 17.9 Å². The van der Waals surface area contributed by atoms with E-state index in [0.717, 1.165) is 11.3 Å². The average Bonchev–Trinajstić information content (AvgIpc) is 2.89. The number of hydrogen-bond donors (Lipinski definition) is 1. The molecule has 1 amide bonds. The van der Waals surface area contributed by atoms with Gasteiger partial charge in [0.15, 0.2) is 0 Å². The first-order chi connectivity index (χ1) is 10.4. The summed E-state index contributed by atoms with van der Waals surface area (Å²) in [6, 6.07) is 7.46. The van der Waals surface area contributed by atoms with Crippen molar-refractivity contribution in [2.75, 3.05) is 13.7 Å². The number of nitrogens with zero attached hydrogens (tertiary/aromatic N) is 1. The molecule has 0 aliphatic carbocycles. The summed E-state index contributed by atoms with van der Waals surface area (Å²) in [4.78, 5) is 25.3. The number of carboxylic acids is 1. The maximum Gasteiger partial charge on any atom is 0.308 e. The zero-order valence-corrected chi connectivity index (χ0v) is 13.3. The fraction of sp³-hybridized carbons (Fsp3) is 0.529. The molecular weight excluding hydrogens is 282 g/mol. The number of carboxylic acid groups (broad SMARTS) is 1. The highest BCUT2D eigenvalue weighted by atomic mass is 16.5. The van der Waals surface area contributed by atoms with Crippen molar-refractivity contribution >= 4 is 11.9 Å². The van der Waals surface area contributed by atoms with Crippen molar-refractivity contribution in [2.24, 2.45) is 5.92 Å². The molecule has 0 bridgehead atoms. The molecule has 0 saturated carbocycles. The van der Waals surface area contributed by atoms with Crippen molar-refractivity contribution in [1.29, 1.82) is 0 Å². The Hall–Kier alpha value is -2.04. The van der Waals surface area contributed by atoms with Gasteiger partial charge >= 0.3 is 5.97 Å². The lowest BCUT2D eigenvalue weighted by molar-refractivity contribution is -0.143. The van der Waals surface area contributed by atoms with E-state index in [1.165, 1.54) is 0 Å². The Morgan fingerprint density at radius 3 is 2.50 bits per heavy atom. The summed E-state index contributed by atoms with van der Waals surface area (Å²) < 4.78 is 5.13. The van der Waals surface area contributed by atoms with Gasteiger partial charge in [0.2, 0.25) is 5.91 Å². The van der Waals surface area contributed by atoms with Gasteiger partial charge in [0.25, 0.3) is 0 Å². The summed E-state index contributed by atoms with van der Waals surface area (Å²) in [5.74, 6) is -0.347. The van der Waals surface area contributed by atoms with Gasteiger partial charge < -0.3 is 14.7 Å². The second-order valence-corrected chi connectivity index (χ2v) is 5.94. The van der Waals surface area contributed by atoms with Crippen molar-refractivity contribution in [3.63, 3.8) is 0 Å². The van der Waals surface area contributed by atoms with Gasteiger partial charge in [0.1, 0.15) is 5.75 Å². The molecule has 3 atom stereocenters. The van der Waals surface area contributed by atoms with Crippen LogP contribution in [0.25, 0.3) is 0 Å². The predicted octanol–water partition coefficient (Wildman–Crippen LogP) is 2.51. The van der Waals surface area contributed by atoms with Crippen LogP contribution in [-0.2, 0) is 9.59 Å². The molecule has 1 heterocycles. The minimum absolute atomic E-state index is 0.0274. The molecule has 1 aromatic rings. The zero-order chi connectivity index (χ0) is 16.3. The summed E-state index contributed by atoms with van der Waals surface area (Å²) in [6.07, 6.45) is 0.933. The normalized spacial score (nSPS) is 22.4. The van der Waals surface area contributed by atoms with Gasteiger partial charge in [0.05, 0.1) is 13.0 Å². The molecule has 1 fully saturated rings. The van der Waals surface area contributed by atoms with E-state index in [1.807, 2.05) is 38.1 Å². The number of rotatable bonds is 5. The third-order valence-corrected chi connectivity index (χ3v) is 4.56. The van der Waals surface area contributed by atoms with Crippen LogP contribution >= 0.6 is 0 Å². The molecule has 1 aliphatic rings. The number of hydrogen-bond acceptors (Lipinski definition) is 3. The Kier molecular flexibility index (Phi) is 5.06. The van der Waals surface area contributed by atoms with E-state index in [1.54, 1.807) is 12.0 Å². The minimum atomic E-state index is -0.814. The van der Waals surface area contributed by atoms with E-state index in [2.05, 4.69) is 0 Å². The maximum atomic E-state index is 12.4. The lowest BCUT2D eigenvalue weighted by Gasteiger charge is -2.25. The molecule has 2 rings (SSSR count). The molecule has 1 aromatic carbocycles. The molecule has 5 nitrogen and oxygen atoms in total. The van der Waals surface area contributed by atoms with Crippen LogP contribution < -0.4 is 4.74 Å². The third kappa shape index (κ3) is 3.40. The van der Waals surface area contributed by atoms with Crippen molar-refractivity contribution < 1.29 is 19.4 Å². The molecule has 1 N–H and O–H groups in total. The highest BCUT2D eigenvalue weighted by molar-refractivity contribution is 5.80. The largest absolute Gasteiger partial charge is 0.497 e. The Balaban J connectivity index is 1.97. The van der Waals surface area contributed by atoms with Crippen molar-refractivity contribution in [3.05, 3.63) is 29.8 Å². The first-order valence-electron chi connectivity index (χ1n) is 7.60. The van der Waals surface area contributed by atoms with E-state index in [4.69, 9.17) is 9.84 Å². The maximum absolute atomic E-state index is 12.4. The van der Waals surface area contributed by atoms with Gasteiger partial charge in [-0.2, -0.15) is 0 Å². The molecular formula is C17H23NO4. The van der Waals surface area contributed by atoms with Gasteiger partial charge in [-0.05, 0) is 37.0 Å². The number of ether oxygens (including phenoxy) is 1. The summed E-state index contributed by atoms with van der Waals surface area (Å²) in [5, 5.41) is 9.14. The number of benzene rings is 1. The fourth-order valence-corrected chi connectivity index (χ4v) is 3.05. The summed E-state index contributed by atoms with van der Waals surface area (Å²) in [5.41, 5.74) is 1.08. The lowest BCUT2D eigenvalue weighted by atomic mass is 9.96. The van der Waals surface area contributed by atoms with Gasteiger partial charge in [-0.25, -0.2) is 0 Å². The van der Waals surface area contributed by atoms with Gasteiger partial charge in [-0.3, -0.25) is 9.59 Å². The first kappa shape index (κ1) is 16.3. The molecule has 5 heteroatoms. The second-order valence-electron chi connectivity index (χ2n) is 5.94. The third-order valence-electron chi connectivity index (χ3n) is 4.56. The molecule has 120 valence electrons. The van der Waals surface area contributed by atoms with Crippen molar-refractivity contribution in [3.8, 4) is 5.75 Å². The Morgan fingerprint density at radius 2 is 2.00 bits per heavy atom. The Labute approximate surface area is 130 Å². The number of aliphatic carboxylic acids is 1. The molecule has 22 heavy (non-hydrogen) atoms. The first-order valence-corrected chi connectivity index (χ1v) is 7.60. The molecule has 0 spiro atoms. The van der Waals surface area contributed by atoms with E-state index in [9.17, 15) is 9.59 Å². The van der Waals surface area contributed by atoms with E-state index < -0.39 is 11.9 Å². The molecule has 3 unspecified atom stereocenters. The van der Waals surface area contributed by atoms with E-state index >= 15 is 0 Å². The van der Waals surface area contributed by atoms with Crippen LogP contribution in [0.5, 0.6) is 5.75 Å². The molecule has 0 aromatic heterocycles. The monoisotopic (exact) mass is 305 g/mol. The highest BCUT2D eigenvalue weighted by Gasteiger charge is 2.38. The van der Waals surface area contributed by atoms with Gasteiger partial charge in [-0.15, -0.1) is 0 Å². The predicted molar refractivity (Wildman–Crippen MR) is 82.9 cm³/mol. The quantitative estimate of drug-likeness (QED) is 0.907. The van der Waals surface area contributed by atoms with Crippen LogP contribution in [0.4, 0.5) is 0 Å². The van der Waals surface area contributed by atoms with Crippen molar-refractivity contribution in [2.45, 2.75) is 38.6 Å². The smallest absolute Gasteiger partial charge is 0.308 e. The standard InChI is InChI=1S/C17H23NO4/c1-11(13-4-6-14(22-3)7-5-13)10-16(19)18-9-8-15(12(18)2)17(20)21/h4-7,11-12,15H,8-10H2,1-3H3,(H,20,21). The second kappa shape index (κ2) is 6.81. The number of carbonyl (C=O) groups excluding carboxylic acids is 1. The van der Waals surface area contributed by atoms with Crippen LogP contribution in [0, 0.1) is 5.92 Å². The summed E-state index contributed by atoms with van der Waals surface area (Å²) in [6.45, 7) is 4.36. The summed E-state index contributed by atoms with van der Waals surface area (Å²) >= 11 is 0. The molecule has 1 aliphatic heterocycles. The SMILES string of the molecule is COc1ccc(C(C)CC(=O)N2CCC(C(=O)O)C2C)cc1. The minimum Gasteiger partial charge on any atom is -0.497 e. The van der Waals surface area contributed by atoms with Gasteiger partial charge in [0, 0.05) is 19.0 Å². The van der Waals surface area contributed by atoms with Crippen LogP contribution in [0.15, 0.2) is 24.3 Å². The number of methoxy groups -OCH3 is 1. The van der Waals surface area contributed by atoms with Crippen LogP contribution in [0.3, 0.4) is 0 Å². The topological polar surface area (TPSA) is 66.8 Å². The van der Waals surface area contributed by atoms with Crippen LogP contribution in [0.2, 0.25) is 0 Å². The molecule has 1 saturated heterocycles. The van der Waals surface area contributed by atoms with Gasteiger partial charge in [-0.1, -0.05) is 19.1 Å². The number of likely N-dealkylation sites (tertiary alicyclic amines) is 1. The number of amides is 1. The van der Waals surface area contributed by atoms with E-state index in [0.29, 0.717) is 19.4 Å².